The van der Waals surface area contributed by atoms with Crippen LogP contribution in [0.1, 0.15) is 29.8 Å². The normalized spacial score (nSPS) is 11.8. The first kappa shape index (κ1) is 33.5. The van der Waals surface area contributed by atoms with Crippen LogP contribution in [-0.4, -0.2) is 53.7 Å². The minimum absolute atomic E-state index is 0.0184. The quantitative estimate of drug-likeness (QED) is 0.106. The number of benzene rings is 4. The monoisotopic (exact) mass is 678 g/mol. The molecule has 1 aromatic heterocycles. The van der Waals surface area contributed by atoms with E-state index in [1.807, 2.05) is 82.2 Å². The molecule has 0 saturated carbocycles. The molecule has 0 atom stereocenters. The molecule has 1 aliphatic rings. The Kier molecular flexibility index (Phi) is 9.55. The highest BCUT2D eigenvalue weighted by Gasteiger charge is 2.30. The molecule has 2 heterocycles. The Hall–Kier alpha value is -5.42. The van der Waals surface area contributed by atoms with Crippen molar-refractivity contribution < 1.29 is 23.5 Å². The molecule has 0 unspecified atom stereocenters. The lowest BCUT2D eigenvalue weighted by molar-refractivity contribution is 0.111. The summed E-state index contributed by atoms with van der Waals surface area (Å²) < 4.78 is 17.5. The van der Waals surface area contributed by atoms with Crippen molar-refractivity contribution in [3.63, 3.8) is 0 Å². The lowest BCUT2D eigenvalue weighted by Gasteiger charge is -2.32. The van der Waals surface area contributed by atoms with E-state index in [-0.39, 0.29) is 17.9 Å². The highest BCUT2D eigenvalue weighted by molar-refractivity contribution is 7.99. The fourth-order valence-electron chi connectivity index (χ4n) is 5.69. The van der Waals surface area contributed by atoms with Gasteiger partial charge in [-0.05, 0) is 80.1 Å². The van der Waals surface area contributed by atoms with Gasteiger partial charge in [0.1, 0.15) is 23.5 Å². The third kappa shape index (κ3) is 6.66. The largest absolute Gasteiger partial charge is 0.456 e. The summed E-state index contributed by atoms with van der Waals surface area (Å²) in [5.74, 6) is 0.531. The van der Waals surface area contributed by atoms with E-state index in [0.29, 0.717) is 23.0 Å². The van der Waals surface area contributed by atoms with Crippen LogP contribution in [0.5, 0.6) is 11.5 Å². The highest BCUT2D eigenvalue weighted by atomic mass is 32.2. The first-order valence-electron chi connectivity index (χ1n) is 16.0. The molecule has 6 rings (SSSR count). The molecule has 10 nitrogen and oxygen atoms in total. The van der Waals surface area contributed by atoms with E-state index in [0.717, 1.165) is 56.9 Å². The molecular weight excluding hydrogens is 641 g/mol. The predicted octanol–water partition coefficient (Wildman–Crippen LogP) is 8.32. The number of fused-ring (bicyclic) bond motifs is 3. The predicted molar refractivity (Wildman–Crippen MR) is 196 cm³/mol. The van der Waals surface area contributed by atoms with Crippen LogP contribution in [0.25, 0.3) is 11.0 Å². The number of carbonyl (C=O) groups is 2. The van der Waals surface area contributed by atoms with E-state index in [4.69, 9.17) is 13.9 Å². The Morgan fingerprint density at radius 2 is 1.41 bits per heavy atom. The number of hydrogen-bond donors (Lipinski definition) is 0. The fraction of sp³-hybridized carbons (Fsp3) is 0.237. The number of anilines is 5. The maximum Gasteiger partial charge on any atom is 0.419 e. The van der Waals surface area contributed by atoms with E-state index in [1.54, 1.807) is 53.1 Å². The molecule has 5 aromatic rings. The van der Waals surface area contributed by atoms with Crippen molar-refractivity contribution in [2.45, 2.75) is 30.2 Å². The fourth-order valence-corrected chi connectivity index (χ4v) is 6.82. The molecule has 0 radical (unpaired) electrons. The molecule has 0 N–H and O–H groups in total. The first-order valence-corrected chi connectivity index (χ1v) is 16.8. The molecule has 11 heteroatoms. The number of ether oxygens (including phenoxy) is 2. The zero-order chi connectivity index (χ0) is 34.8. The van der Waals surface area contributed by atoms with Crippen LogP contribution in [0.4, 0.5) is 33.2 Å². The third-order valence-corrected chi connectivity index (χ3v) is 9.53. The summed E-state index contributed by atoms with van der Waals surface area (Å²) in [4.78, 5) is 48.1. The van der Waals surface area contributed by atoms with Gasteiger partial charge in [-0.25, -0.2) is 14.5 Å². The van der Waals surface area contributed by atoms with Gasteiger partial charge in [-0.1, -0.05) is 23.9 Å². The first-order chi connectivity index (χ1) is 23.6. The van der Waals surface area contributed by atoms with Crippen molar-refractivity contribution >= 4 is 63.5 Å². The summed E-state index contributed by atoms with van der Waals surface area (Å²) in [6, 6.07) is 24.4. The zero-order valence-corrected chi connectivity index (χ0v) is 29.2. The van der Waals surface area contributed by atoms with Crippen molar-refractivity contribution in [2.24, 2.45) is 0 Å². The number of amides is 1. The van der Waals surface area contributed by atoms with Gasteiger partial charge in [0.2, 0.25) is 0 Å². The van der Waals surface area contributed by atoms with Gasteiger partial charge in [0.25, 0.3) is 0 Å². The average molecular weight is 679 g/mol. The van der Waals surface area contributed by atoms with Gasteiger partial charge in [0.15, 0.2) is 12.0 Å². The molecule has 0 aliphatic carbocycles. The molecule has 0 fully saturated rings. The van der Waals surface area contributed by atoms with Crippen molar-refractivity contribution in [3.8, 4) is 11.5 Å². The maximum absolute atomic E-state index is 13.7. The molecule has 0 saturated heterocycles. The molecule has 0 bridgehead atoms. The smallest absolute Gasteiger partial charge is 0.419 e. The standard InChI is InChI=1S/C38H38N4O6S/c1-7-41(8-2)27-11-16-29-33(19-27)48-37(44)30(22-43)36(29)47-28-14-9-24(10-15-28)23-46-38(45)42-31-17-12-25(39(3)4)20-34(31)49-35-21-26(40(5)6)13-18-32(35)42/h9-22H,7-8,23H2,1-6H3. The van der Waals surface area contributed by atoms with Crippen LogP contribution < -0.4 is 30.0 Å². The van der Waals surface area contributed by atoms with E-state index < -0.39 is 11.7 Å². The Morgan fingerprint density at radius 3 is 1.96 bits per heavy atom. The number of rotatable bonds is 10. The minimum atomic E-state index is -0.770. The number of aldehydes is 1. The number of nitrogens with zero attached hydrogens (tertiary/aromatic N) is 4. The second-order valence-electron chi connectivity index (χ2n) is 11.9. The van der Waals surface area contributed by atoms with E-state index in [1.165, 1.54) is 0 Å². The van der Waals surface area contributed by atoms with Crippen LogP contribution in [0, 0.1) is 0 Å². The van der Waals surface area contributed by atoms with Gasteiger partial charge in [-0.2, -0.15) is 0 Å². The SMILES string of the molecule is CCN(CC)c1ccc2c(Oc3ccc(COC(=O)N4c5ccc(N(C)C)cc5Sc5cc(N(C)C)ccc54)cc3)c(C=O)c(=O)oc2c1. The van der Waals surface area contributed by atoms with Gasteiger partial charge in [0.05, 0.1) is 16.8 Å². The van der Waals surface area contributed by atoms with Crippen LogP contribution >= 0.6 is 11.8 Å². The summed E-state index contributed by atoms with van der Waals surface area (Å²) in [7, 11) is 7.94. The summed E-state index contributed by atoms with van der Waals surface area (Å²) >= 11 is 1.63. The highest BCUT2D eigenvalue weighted by Crippen LogP contribution is 2.50. The molecule has 1 aliphatic heterocycles. The van der Waals surface area contributed by atoms with Gasteiger partial charge in [-0.15, -0.1) is 0 Å². The molecular formula is C38H38N4O6S. The molecule has 252 valence electrons. The molecule has 4 aromatic carbocycles. The van der Waals surface area contributed by atoms with Gasteiger partial charge in [-0.3, -0.25) is 4.79 Å². The Balaban J connectivity index is 1.23. The summed E-state index contributed by atoms with van der Waals surface area (Å²) in [5, 5.41) is 0.506. The number of hydrogen-bond acceptors (Lipinski definition) is 10. The van der Waals surface area contributed by atoms with Crippen molar-refractivity contribution in [1.29, 1.82) is 0 Å². The minimum Gasteiger partial charge on any atom is -0.456 e. The topological polar surface area (TPSA) is 95.8 Å². The van der Waals surface area contributed by atoms with Gasteiger partial charge in [0, 0.05) is 74.2 Å². The van der Waals surface area contributed by atoms with Crippen molar-refractivity contribution in [1.82, 2.24) is 0 Å². The lowest BCUT2D eigenvalue weighted by Crippen LogP contribution is -2.29. The van der Waals surface area contributed by atoms with Crippen molar-refractivity contribution in [2.75, 3.05) is 60.9 Å². The summed E-state index contributed by atoms with van der Waals surface area (Å²) in [5.41, 5.74) is 4.56. The summed E-state index contributed by atoms with van der Waals surface area (Å²) in [6.07, 6.45) is -0.0504. The van der Waals surface area contributed by atoms with Gasteiger partial charge < -0.3 is 28.6 Å². The van der Waals surface area contributed by atoms with Gasteiger partial charge >= 0.3 is 11.7 Å². The van der Waals surface area contributed by atoms with E-state index >= 15 is 0 Å². The Labute approximate surface area is 289 Å². The van der Waals surface area contributed by atoms with Crippen LogP contribution in [-0.2, 0) is 11.3 Å². The van der Waals surface area contributed by atoms with Crippen molar-refractivity contribution in [3.05, 3.63) is 100 Å². The van der Waals surface area contributed by atoms with Crippen LogP contribution in [0.15, 0.2) is 97.9 Å². The lowest BCUT2D eigenvalue weighted by atomic mass is 10.1. The molecule has 0 spiro atoms. The van der Waals surface area contributed by atoms with E-state index in [9.17, 15) is 14.4 Å². The molecule has 1 amide bonds. The van der Waals surface area contributed by atoms with E-state index in [2.05, 4.69) is 17.0 Å². The Morgan fingerprint density at radius 1 is 0.816 bits per heavy atom. The Bertz CT molecular complexity index is 2030. The molecule has 49 heavy (non-hydrogen) atoms. The third-order valence-electron chi connectivity index (χ3n) is 8.43. The summed E-state index contributed by atoms with van der Waals surface area (Å²) in [6.45, 7) is 5.69. The zero-order valence-electron chi connectivity index (χ0n) is 28.4. The van der Waals surface area contributed by atoms with Crippen LogP contribution in [0.2, 0.25) is 0 Å². The number of carbonyl (C=O) groups excluding carboxylic acids is 2. The second-order valence-corrected chi connectivity index (χ2v) is 13.0. The second kappa shape index (κ2) is 14.0. The average Bonchev–Trinajstić information content (AvgIpc) is 3.10. The van der Waals surface area contributed by atoms with Crippen LogP contribution in [0.3, 0.4) is 0 Å². The maximum atomic E-state index is 13.7.